The van der Waals surface area contributed by atoms with E-state index in [1.165, 1.54) is 6.08 Å². The molecule has 9 heteroatoms. The zero-order valence-electron chi connectivity index (χ0n) is 19.7. The third-order valence-electron chi connectivity index (χ3n) is 6.65. The fourth-order valence-corrected chi connectivity index (χ4v) is 5.11. The molecule has 3 aromatic rings. The van der Waals surface area contributed by atoms with Crippen molar-refractivity contribution in [1.82, 2.24) is 19.7 Å². The summed E-state index contributed by atoms with van der Waals surface area (Å²) in [5.41, 5.74) is 2.40. The summed E-state index contributed by atoms with van der Waals surface area (Å²) >= 11 is 3.51. The molecule has 8 nitrogen and oxygen atoms in total. The summed E-state index contributed by atoms with van der Waals surface area (Å²) < 4.78 is 8.61. The number of carbonyl (C=O) groups is 3. The van der Waals surface area contributed by atoms with Crippen molar-refractivity contribution in [3.05, 3.63) is 83.0 Å². The first kappa shape index (κ1) is 24.3. The number of rotatable bonds is 6. The molecule has 1 atom stereocenters. The van der Waals surface area contributed by atoms with E-state index in [4.69, 9.17) is 4.74 Å². The van der Waals surface area contributed by atoms with Crippen LogP contribution >= 0.6 is 15.9 Å². The molecule has 36 heavy (non-hydrogen) atoms. The van der Waals surface area contributed by atoms with Crippen molar-refractivity contribution < 1.29 is 19.1 Å². The highest BCUT2D eigenvalue weighted by molar-refractivity contribution is 9.10. The van der Waals surface area contributed by atoms with E-state index in [1.54, 1.807) is 11.1 Å². The summed E-state index contributed by atoms with van der Waals surface area (Å²) in [5.74, 6) is -0.387. The smallest absolute Gasteiger partial charge is 0.256 e. The van der Waals surface area contributed by atoms with Gasteiger partial charge in [-0.2, -0.15) is 0 Å². The summed E-state index contributed by atoms with van der Waals surface area (Å²) in [6.07, 6.45) is 2.86. The van der Waals surface area contributed by atoms with Gasteiger partial charge in [-0.15, -0.1) is 0 Å². The van der Waals surface area contributed by atoms with Crippen LogP contribution in [0.1, 0.15) is 22.0 Å². The number of nitrogens with zero attached hydrogens (tertiary/aromatic N) is 3. The van der Waals surface area contributed by atoms with Gasteiger partial charge in [0.15, 0.2) is 0 Å². The molecule has 0 unspecified atom stereocenters. The second-order valence-electron chi connectivity index (χ2n) is 9.07. The molecule has 186 valence electrons. The maximum atomic E-state index is 13.7. The number of benzene rings is 2. The number of hydrogen-bond acceptors (Lipinski definition) is 4. The largest absolute Gasteiger partial charge is 0.370 e. The second kappa shape index (κ2) is 10.3. The van der Waals surface area contributed by atoms with Gasteiger partial charge in [0.25, 0.3) is 5.91 Å². The van der Waals surface area contributed by atoms with Gasteiger partial charge >= 0.3 is 0 Å². The van der Waals surface area contributed by atoms with Gasteiger partial charge in [-0.05, 0) is 29.8 Å². The van der Waals surface area contributed by atoms with E-state index in [0.29, 0.717) is 38.3 Å². The maximum Gasteiger partial charge on any atom is 0.256 e. The molecule has 0 bridgehead atoms. The van der Waals surface area contributed by atoms with Crippen molar-refractivity contribution >= 4 is 44.6 Å². The zero-order chi connectivity index (χ0) is 25.2. The van der Waals surface area contributed by atoms with Gasteiger partial charge in [0.05, 0.1) is 24.8 Å². The van der Waals surface area contributed by atoms with Crippen molar-refractivity contribution in [1.29, 1.82) is 0 Å². The molecule has 5 rings (SSSR count). The zero-order valence-corrected chi connectivity index (χ0v) is 21.3. The minimum absolute atomic E-state index is 0.0765. The predicted octanol–water partition coefficient (Wildman–Crippen LogP) is 3.13. The van der Waals surface area contributed by atoms with Crippen molar-refractivity contribution in [2.75, 3.05) is 32.8 Å². The Kier molecular flexibility index (Phi) is 6.93. The molecule has 2 aliphatic heterocycles. The number of fused-ring (bicyclic) bond motifs is 1. The number of carbonyl (C=O) groups excluding carboxylic acids is 3. The summed E-state index contributed by atoms with van der Waals surface area (Å²) in [6.45, 7) is 5.94. The van der Waals surface area contributed by atoms with Crippen LogP contribution in [0, 0.1) is 0 Å². The standard InChI is InChI=1S/C27H27BrN4O4/c1-2-26(34)32-13-20(14-32)29-25(33)17-31-15-22(21-12-19(28)8-9-23(21)31)27(35)30-10-11-36-24(16-30)18-6-4-3-5-7-18/h2-9,12,15,20,24H,1,10-11,13-14,16-17H2,(H,29,33)/t24-/m0/s1. The Morgan fingerprint density at radius 2 is 1.86 bits per heavy atom. The molecule has 1 aromatic heterocycles. The van der Waals surface area contributed by atoms with Crippen LogP contribution in [0.3, 0.4) is 0 Å². The Morgan fingerprint density at radius 1 is 1.08 bits per heavy atom. The molecule has 2 fully saturated rings. The van der Waals surface area contributed by atoms with Crippen molar-refractivity contribution in [2.45, 2.75) is 18.7 Å². The summed E-state index contributed by atoms with van der Waals surface area (Å²) in [4.78, 5) is 41.5. The Bertz CT molecular complexity index is 1320. The van der Waals surface area contributed by atoms with Crippen LogP contribution in [-0.2, 0) is 20.9 Å². The van der Waals surface area contributed by atoms with Crippen molar-refractivity contribution in [2.24, 2.45) is 0 Å². The monoisotopic (exact) mass is 550 g/mol. The average molecular weight is 551 g/mol. The molecule has 1 N–H and O–H groups in total. The average Bonchev–Trinajstić information content (AvgIpc) is 3.22. The van der Waals surface area contributed by atoms with E-state index >= 15 is 0 Å². The third kappa shape index (κ3) is 4.94. The highest BCUT2D eigenvalue weighted by atomic mass is 79.9. The minimum atomic E-state index is -0.176. The van der Waals surface area contributed by atoms with E-state index < -0.39 is 0 Å². The number of ether oxygens (including phenoxy) is 1. The fraction of sp³-hybridized carbons (Fsp3) is 0.296. The lowest BCUT2D eigenvalue weighted by molar-refractivity contribution is -0.133. The summed E-state index contributed by atoms with van der Waals surface area (Å²) in [5, 5.41) is 3.75. The molecule has 2 aliphatic rings. The van der Waals surface area contributed by atoms with Gasteiger partial charge in [-0.3, -0.25) is 14.4 Å². The van der Waals surface area contributed by atoms with Crippen LogP contribution in [0.5, 0.6) is 0 Å². The number of halogens is 1. The number of morpholine rings is 1. The first-order valence-electron chi connectivity index (χ1n) is 11.9. The first-order chi connectivity index (χ1) is 17.4. The highest BCUT2D eigenvalue weighted by Gasteiger charge is 2.31. The van der Waals surface area contributed by atoms with E-state index in [0.717, 1.165) is 20.9 Å². The number of hydrogen-bond donors (Lipinski definition) is 1. The number of nitrogens with one attached hydrogen (secondary N) is 1. The van der Waals surface area contributed by atoms with Crippen molar-refractivity contribution in [3.8, 4) is 0 Å². The topological polar surface area (TPSA) is 83.9 Å². The van der Waals surface area contributed by atoms with Crippen LogP contribution in [0.15, 0.2) is 71.9 Å². The van der Waals surface area contributed by atoms with Crippen LogP contribution < -0.4 is 5.32 Å². The number of aromatic nitrogens is 1. The molecule has 0 aliphatic carbocycles. The van der Waals surface area contributed by atoms with Gasteiger partial charge in [-0.25, -0.2) is 0 Å². The Hall–Kier alpha value is -3.43. The second-order valence-corrected chi connectivity index (χ2v) is 9.98. The summed E-state index contributed by atoms with van der Waals surface area (Å²) in [6, 6.07) is 15.5. The number of likely N-dealkylation sites (tertiary alicyclic amines) is 1. The van der Waals surface area contributed by atoms with Gasteiger partial charge in [-0.1, -0.05) is 52.8 Å². The van der Waals surface area contributed by atoms with E-state index in [1.807, 2.05) is 58.0 Å². The lowest BCUT2D eigenvalue weighted by Crippen LogP contribution is -2.61. The molecule has 0 radical (unpaired) electrons. The molecule has 0 saturated carbocycles. The van der Waals surface area contributed by atoms with Crippen LogP contribution in [0.2, 0.25) is 0 Å². The Morgan fingerprint density at radius 3 is 2.61 bits per heavy atom. The van der Waals surface area contributed by atoms with Gasteiger partial charge in [0.2, 0.25) is 11.8 Å². The molecule has 2 aromatic carbocycles. The van der Waals surface area contributed by atoms with E-state index in [9.17, 15) is 14.4 Å². The van der Waals surface area contributed by atoms with Crippen LogP contribution in [0.4, 0.5) is 0 Å². The molecule has 3 heterocycles. The van der Waals surface area contributed by atoms with Gasteiger partial charge < -0.3 is 24.4 Å². The van der Waals surface area contributed by atoms with E-state index in [2.05, 4.69) is 27.8 Å². The highest BCUT2D eigenvalue weighted by Crippen LogP contribution is 2.29. The Labute approximate surface area is 217 Å². The normalized spacial score (nSPS) is 18.1. The first-order valence-corrected chi connectivity index (χ1v) is 12.7. The molecular formula is C27H27BrN4O4. The lowest BCUT2D eigenvalue weighted by atomic mass is 10.1. The van der Waals surface area contributed by atoms with Crippen LogP contribution in [0.25, 0.3) is 10.9 Å². The van der Waals surface area contributed by atoms with E-state index in [-0.39, 0.29) is 36.4 Å². The summed E-state index contributed by atoms with van der Waals surface area (Å²) in [7, 11) is 0. The number of amides is 3. The molecule has 3 amide bonds. The third-order valence-corrected chi connectivity index (χ3v) is 7.14. The Balaban J connectivity index is 1.33. The predicted molar refractivity (Wildman–Crippen MR) is 139 cm³/mol. The van der Waals surface area contributed by atoms with Crippen molar-refractivity contribution in [3.63, 3.8) is 0 Å². The van der Waals surface area contributed by atoms with Gasteiger partial charge in [0.1, 0.15) is 12.6 Å². The molecule has 0 spiro atoms. The van der Waals surface area contributed by atoms with Gasteiger partial charge in [0, 0.05) is 41.2 Å². The quantitative estimate of drug-likeness (QED) is 0.478. The molecular weight excluding hydrogens is 524 g/mol. The molecule has 2 saturated heterocycles. The fourth-order valence-electron chi connectivity index (χ4n) is 4.75. The lowest BCUT2D eigenvalue weighted by Gasteiger charge is -2.38. The minimum Gasteiger partial charge on any atom is -0.370 e. The SMILES string of the molecule is C=CC(=O)N1CC(NC(=O)Cn2cc(C(=O)N3CCO[C@H](c4ccccc4)C3)c3cc(Br)ccc32)C1. The van der Waals surface area contributed by atoms with Crippen LogP contribution in [-0.4, -0.2) is 70.9 Å². The maximum absolute atomic E-state index is 13.7.